The highest BCUT2D eigenvalue weighted by Crippen LogP contribution is 2.32. The van der Waals surface area contributed by atoms with Gasteiger partial charge in [-0.05, 0) is 52.1 Å². The lowest BCUT2D eigenvalue weighted by atomic mass is 10.1. The van der Waals surface area contributed by atoms with E-state index in [1.54, 1.807) is 23.7 Å². The molecule has 0 aliphatic rings. The predicted octanol–water partition coefficient (Wildman–Crippen LogP) is 2.80. The van der Waals surface area contributed by atoms with E-state index in [-0.39, 0.29) is 0 Å². The van der Waals surface area contributed by atoms with Gasteiger partial charge in [0.25, 0.3) is 0 Å². The summed E-state index contributed by atoms with van der Waals surface area (Å²) in [4.78, 5) is 7.68. The van der Waals surface area contributed by atoms with Gasteiger partial charge in [-0.3, -0.25) is 0 Å². The molecule has 2 aromatic heterocycles. The Balaban J connectivity index is 2.16. The number of rotatable bonds is 6. The van der Waals surface area contributed by atoms with Gasteiger partial charge in [0.15, 0.2) is 4.90 Å². The van der Waals surface area contributed by atoms with Crippen LogP contribution in [0.25, 0.3) is 5.65 Å². The number of nitrogens with one attached hydrogen (secondary N) is 1. The molecule has 0 bridgehead atoms. The topological polar surface area (TPSA) is 68.5 Å². The van der Waals surface area contributed by atoms with Crippen LogP contribution < -0.4 is 5.32 Å². The van der Waals surface area contributed by atoms with Crippen LogP contribution in [0.1, 0.15) is 17.0 Å². The van der Waals surface area contributed by atoms with Crippen molar-refractivity contribution >= 4 is 22.6 Å². The van der Waals surface area contributed by atoms with Crippen LogP contribution in [-0.4, -0.2) is 51.7 Å². The van der Waals surface area contributed by atoms with Crippen molar-refractivity contribution in [2.24, 2.45) is 0 Å². The highest BCUT2D eigenvalue weighted by molar-refractivity contribution is 7.91. The number of halogens is 1. The third-order valence-corrected chi connectivity index (χ3v) is 5.95. The third kappa shape index (κ3) is 3.78. The Morgan fingerprint density at radius 2 is 2.04 bits per heavy atom. The molecule has 8 heteroatoms. The Morgan fingerprint density at radius 3 is 2.67 bits per heavy atom. The van der Waals surface area contributed by atoms with E-state index in [9.17, 15) is 8.94 Å². The van der Waals surface area contributed by atoms with E-state index in [1.165, 1.54) is 12.1 Å². The normalized spacial score (nSPS) is 12.7. The van der Waals surface area contributed by atoms with Crippen LogP contribution in [0, 0.1) is 19.7 Å². The molecule has 0 radical (unpaired) electrons. The third-order valence-electron chi connectivity index (χ3n) is 4.52. The molecule has 2 heterocycles. The Hall–Kier alpha value is -2.16. The summed E-state index contributed by atoms with van der Waals surface area (Å²) in [5.41, 5.74) is 3.52. The van der Waals surface area contributed by atoms with E-state index in [0.29, 0.717) is 21.3 Å². The molecule has 144 valence electrons. The van der Waals surface area contributed by atoms with Crippen molar-refractivity contribution in [1.29, 1.82) is 0 Å². The van der Waals surface area contributed by atoms with E-state index >= 15 is 0 Å². The first kappa shape index (κ1) is 19.6. The van der Waals surface area contributed by atoms with Gasteiger partial charge in [-0.2, -0.15) is 0 Å². The monoisotopic (exact) mass is 389 g/mol. The second kappa shape index (κ2) is 7.84. The van der Waals surface area contributed by atoms with Crippen molar-refractivity contribution in [3.63, 3.8) is 0 Å². The van der Waals surface area contributed by atoms with E-state index < -0.39 is 17.0 Å². The number of fused-ring (bicyclic) bond motifs is 1. The van der Waals surface area contributed by atoms with Crippen LogP contribution in [-0.2, 0) is 17.6 Å². The summed E-state index contributed by atoms with van der Waals surface area (Å²) < 4.78 is 28.5. The number of hydrogen-bond acceptors (Lipinski definition) is 5. The highest BCUT2D eigenvalue weighted by atomic mass is 32.2. The summed E-state index contributed by atoms with van der Waals surface area (Å²) in [6.07, 6.45) is 0.852. The number of nitrogens with zero attached hydrogens (tertiary/aromatic N) is 4. The Labute approximate surface area is 161 Å². The molecule has 1 N–H and O–H groups in total. The molecule has 0 aliphatic heterocycles. The van der Waals surface area contributed by atoms with Gasteiger partial charge in [-0.1, -0.05) is 6.07 Å². The number of aromatic nitrogens is 3. The van der Waals surface area contributed by atoms with Gasteiger partial charge in [-0.25, -0.2) is 13.9 Å². The molecule has 3 aromatic rings. The molecule has 3 rings (SSSR count). The zero-order chi connectivity index (χ0) is 19.7. The fourth-order valence-electron chi connectivity index (χ4n) is 3.07. The van der Waals surface area contributed by atoms with Crippen molar-refractivity contribution in [3.8, 4) is 0 Å². The van der Waals surface area contributed by atoms with Crippen molar-refractivity contribution in [3.05, 3.63) is 47.0 Å². The Morgan fingerprint density at radius 1 is 1.30 bits per heavy atom. The van der Waals surface area contributed by atoms with Gasteiger partial charge >= 0.3 is 0 Å². The minimum atomic E-state index is -1.60. The summed E-state index contributed by atoms with van der Waals surface area (Å²) in [6.45, 7) is 4.85. The van der Waals surface area contributed by atoms with Gasteiger partial charge in [0.2, 0.25) is 16.4 Å². The fourth-order valence-corrected chi connectivity index (χ4v) is 4.35. The van der Waals surface area contributed by atoms with Crippen LogP contribution in [0.15, 0.2) is 34.1 Å². The Bertz CT molecular complexity index is 972. The first-order valence-corrected chi connectivity index (χ1v) is 9.87. The van der Waals surface area contributed by atoms with Crippen LogP contribution in [0.5, 0.6) is 0 Å². The van der Waals surface area contributed by atoms with Crippen molar-refractivity contribution in [1.82, 2.24) is 19.5 Å². The van der Waals surface area contributed by atoms with Gasteiger partial charge in [0.05, 0.1) is 0 Å². The summed E-state index contributed by atoms with van der Waals surface area (Å²) in [6, 6.07) is 5.81. The van der Waals surface area contributed by atoms with Gasteiger partial charge in [-0.15, -0.1) is 5.10 Å². The zero-order valence-electron chi connectivity index (χ0n) is 16.2. The Kier molecular flexibility index (Phi) is 5.69. The second-order valence-corrected chi connectivity index (χ2v) is 8.12. The molecule has 0 saturated carbocycles. The summed E-state index contributed by atoms with van der Waals surface area (Å²) >= 11 is -1.60. The van der Waals surface area contributed by atoms with Crippen molar-refractivity contribution < 1.29 is 8.94 Å². The largest absolute Gasteiger partial charge is 0.606 e. The van der Waals surface area contributed by atoms with E-state index in [1.807, 2.05) is 27.9 Å². The molecule has 6 nitrogen and oxygen atoms in total. The fraction of sp³-hybridized carbons (Fsp3) is 0.368. The van der Waals surface area contributed by atoms with Crippen LogP contribution in [0.2, 0.25) is 0 Å². The minimum Gasteiger partial charge on any atom is -0.606 e. The molecule has 1 unspecified atom stereocenters. The number of aryl methyl sites for hydroxylation is 2. The molecule has 0 fully saturated rings. The number of hydrogen-bond donors (Lipinski definition) is 1. The average Bonchev–Trinajstić information content (AvgIpc) is 2.99. The van der Waals surface area contributed by atoms with Crippen LogP contribution in [0.3, 0.4) is 0 Å². The average molecular weight is 390 g/mol. The molecular weight excluding hydrogens is 365 g/mol. The van der Waals surface area contributed by atoms with Gasteiger partial charge in [0.1, 0.15) is 5.82 Å². The molecule has 0 aliphatic carbocycles. The van der Waals surface area contributed by atoms with Crippen molar-refractivity contribution in [2.45, 2.75) is 30.1 Å². The maximum Gasteiger partial charge on any atom is 0.247 e. The van der Waals surface area contributed by atoms with Crippen LogP contribution >= 0.6 is 0 Å². The lowest BCUT2D eigenvalue weighted by Crippen LogP contribution is -2.17. The molecular formula is C19H24FN5OS. The first-order valence-electron chi connectivity index (χ1n) is 8.72. The molecule has 1 atom stereocenters. The quantitative estimate of drug-likeness (QED) is 0.657. The maximum absolute atomic E-state index is 13.6. The molecule has 0 saturated heterocycles. The molecule has 0 spiro atoms. The number of anilines is 1. The first-order chi connectivity index (χ1) is 12.8. The predicted molar refractivity (Wildman–Crippen MR) is 105 cm³/mol. The molecule has 1 aromatic carbocycles. The van der Waals surface area contributed by atoms with Gasteiger partial charge in [0, 0.05) is 42.2 Å². The van der Waals surface area contributed by atoms with Gasteiger partial charge < -0.3 is 14.8 Å². The molecule has 0 amide bonds. The van der Waals surface area contributed by atoms with E-state index in [2.05, 4.69) is 15.3 Å². The second-order valence-electron chi connectivity index (χ2n) is 6.70. The summed E-state index contributed by atoms with van der Waals surface area (Å²) in [5.74, 6) is 0.0620. The SMILES string of the molecule is CNc1nn2c(C)c(CCN(C)C)c(C)nc2c1[S+]([O-])c1cccc(F)c1. The van der Waals surface area contributed by atoms with Crippen molar-refractivity contribution in [2.75, 3.05) is 33.0 Å². The van der Waals surface area contributed by atoms with E-state index in [0.717, 1.165) is 29.9 Å². The summed E-state index contributed by atoms with van der Waals surface area (Å²) in [7, 11) is 5.79. The lowest BCUT2D eigenvalue weighted by Gasteiger charge is -2.14. The van der Waals surface area contributed by atoms with E-state index in [4.69, 9.17) is 4.98 Å². The highest BCUT2D eigenvalue weighted by Gasteiger charge is 2.29. The summed E-state index contributed by atoms with van der Waals surface area (Å²) in [5, 5.41) is 7.57. The number of likely N-dealkylation sites (N-methyl/N-ethyl adjacent to an activating group) is 1. The van der Waals surface area contributed by atoms with Crippen LogP contribution in [0.4, 0.5) is 10.2 Å². The zero-order valence-corrected chi connectivity index (χ0v) is 17.0. The number of benzene rings is 1. The smallest absolute Gasteiger partial charge is 0.247 e. The lowest BCUT2D eigenvalue weighted by molar-refractivity contribution is 0.412. The molecule has 27 heavy (non-hydrogen) atoms. The maximum atomic E-state index is 13.6. The minimum absolute atomic E-state index is 0.384. The standard InChI is InChI=1S/C19H24FN5OS/c1-12-16(9-10-24(4)5)13(2)25-19(22-12)17(18(21-3)23-25)27(26)15-8-6-7-14(20)11-15/h6-8,11H,9-10H2,1-5H3,(H,21,23).